The molecule has 2 N–H and O–H groups in total. The number of aryl methyl sites for hydroxylation is 1. The van der Waals surface area contributed by atoms with Crippen LogP contribution in [0.4, 0.5) is 0 Å². The van der Waals surface area contributed by atoms with Crippen molar-refractivity contribution in [3.63, 3.8) is 0 Å². The Morgan fingerprint density at radius 1 is 1.47 bits per heavy atom. The summed E-state index contributed by atoms with van der Waals surface area (Å²) in [6.07, 6.45) is 1.62. The van der Waals surface area contributed by atoms with E-state index in [1.54, 1.807) is 18.1 Å². The van der Waals surface area contributed by atoms with Crippen molar-refractivity contribution in [3.05, 3.63) is 34.7 Å². The third-order valence-electron chi connectivity index (χ3n) is 2.89. The second-order valence-electron chi connectivity index (χ2n) is 4.07. The monoisotopic (exact) mass is 320 g/mol. The maximum Gasteiger partial charge on any atom is 0.357 e. The van der Waals surface area contributed by atoms with Crippen LogP contribution in [0.2, 0.25) is 0 Å². The van der Waals surface area contributed by atoms with E-state index in [0.717, 1.165) is 16.6 Å². The molecule has 3 aromatic rings. The number of aromatic nitrogens is 4. The van der Waals surface area contributed by atoms with Gasteiger partial charge in [0.1, 0.15) is 0 Å². The predicted octanol–water partition coefficient (Wildman–Crippen LogP) is 2.42. The summed E-state index contributed by atoms with van der Waals surface area (Å²) < 4.78 is 2.02. The molecule has 0 radical (unpaired) electrons. The van der Waals surface area contributed by atoms with Gasteiger partial charge in [0, 0.05) is 12.6 Å². The highest BCUT2D eigenvalue weighted by Gasteiger charge is 2.20. The van der Waals surface area contributed by atoms with Crippen molar-refractivity contribution in [1.29, 1.82) is 0 Å². The summed E-state index contributed by atoms with van der Waals surface area (Å²) >= 11 is 3.30. The number of carboxylic acids is 1. The number of fused-ring (bicyclic) bond motifs is 1. The van der Waals surface area contributed by atoms with Crippen molar-refractivity contribution in [3.8, 4) is 11.3 Å². The van der Waals surface area contributed by atoms with E-state index in [1.165, 1.54) is 0 Å². The number of hydrogen-bond donors (Lipinski definition) is 2. The van der Waals surface area contributed by atoms with Crippen LogP contribution in [-0.2, 0) is 7.05 Å². The molecule has 0 spiro atoms. The lowest BCUT2D eigenvalue weighted by atomic mass is 10.1. The lowest BCUT2D eigenvalue weighted by Crippen LogP contribution is -1.99. The predicted molar refractivity (Wildman–Crippen MR) is 73.0 cm³/mol. The Kier molecular flexibility index (Phi) is 2.63. The molecule has 1 aromatic carbocycles. The van der Waals surface area contributed by atoms with E-state index >= 15 is 0 Å². The maximum absolute atomic E-state index is 11.1. The molecular formula is C12H9BrN4O2. The Bertz CT molecular complexity index is 790. The SMILES string of the molecule is Cn1nc(C(=O)O)c(Br)c1-c1ccc2nc[nH]c2c1. The first-order valence-corrected chi connectivity index (χ1v) is 6.26. The molecule has 0 unspecified atom stereocenters. The van der Waals surface area contributed by atoms with Crippen LogP contribution in [0.1, 0.15) is 10.5 Å². The summed E-state index contributed by atoms with van der Waals surface area (Å²) in [7, 11) is 1.71. The maximum atomic E-state index is 11.1. The fourth-order valence-corrected chi connectivity index (χ4v) is 2.77. The topological polar surface area (TPSA) is 83.8 Å². The number of nitrogens with one attached hydrogen (secondary N) is 1. The van der Waals surface area contributed by atoms with Crippen molar-refractivity contribution in [2.24, 2.45) is 7.05 Å². The van der Waals surface area contributed by atoms with Crippen LogP contribution < -0.4 is 0 Å². The van der Waals surface area contributed by atoms with Crippen molar-refractivity contribution in [2.75, 3.05) is 0 Å². The van der Waals surface area contributed by atoms with Crippen LogP contribution in [-0.4, -0.2) is 30.8 Å². The van der Waals surface area contributed by atoms with Gasteiger partial charge in [-0.2, -0.15) is 5.10 Å². The van der Waals surface area contributed by atoms with Crippen molar-refractivity contribution in [2.45, 2.75) is 0 Å². The molecule has 6 nitrogen and oxygen atoms in total. The van der Waals surface area contributed by atoms with Crippen LogP contribution >= 0.6 is 15.9 Å². The number of imidazole rings is 1. The minimum absolute atomic E-state index is 0.00204. The van der Waals surface area contributed by atoms with Gasteiger partial charge >= 0.3 is 5.97 Å². The van der Waals surface area contributed by atoms with Crippen LogP contribution in [0, 0.1) is 0 Å². The minimum atomic E-state index is -1.06. The second-order valence-corrected chi connectivity index (χ2v) is 4.87. The van der Waals surface area contributed by atoms with Crippen LogP contribution in [0.5, 0.6) is 0 Å². The quantitative estimate of drug-likeness (QED) is 0.759. The number of nitrogens with zero attached hydrogens (tertiary/aromatic N) is 3. The Labute approximate surface area is 116 Å². The van der Waals surface area contributed by atoms with E-state index in [2.05, 4.69) is 31.0 Å². The summed E-state index contributed by atoms with van der Waals surface area (Å²) in [5, 5.41) is 13.1. The Balaban J connectivity index is 2.23. The fraction of sp³-hybridized carbons (Fsp3) is 0.0833. The van der Waals surface area contributed by atoms with Gasteiger partial charge in [0.15, 0.2) is 5.69 Å². The second kappa shape index (κ2) is 4.20. The number of carboxylic acid groups (broad SMARTS) is 1. The van der Waals surface area contributed by atoms with Gasteiger partial charge in [-0.1, -0.05) is 6.07 Å². The first kappa shape index (κ1) is 11.9. The van der Waals surface area contributed by atoms with Gasteiger partial charge in [0.05, 0.1) is 27.5 Å². The molecule has 0 bridgehead atoms. The molecule has 0 aliphatic heterocycles. The molecule has 0 aliphatic rings. The molecule has 7 heteroatoms. The van der Waals surface area contributed by atoms with E-state index in [9.17, 15) is 4.79 Å². The highest BCUT2D eigenvalue weighted by molar-refractivity contribution is 9.10. The van der Waals surface area contributed by atoms with E-state index < -0.39 is 5.97 Å². The summed E-state index contributed by atoms with van der Waals surface area (Å²) in [6, 6.07) is 5.67. The average Bonchev–Trinajstić information content (AvgIpc) is 2.93. The number of benzene rings is 1. The Hall–Kier alpha value is -2.15. The van der Waals surface area contributed by atoms with Crippen LogP contribution in [0.15, 0.2) is 29.0 Å². The number of carbonyl (C=O) groups is 1. The summed E-state index contributed by atoms with van der Waals surface area (Å²) in [5.41, 5.74) is 3.34. The largest absolute Gasteiger partial charge is 0.476 e. The molecule has 19 heavy (non-hydrogen) atoms. The van der Waals surface area contributed by atoms with Gasteiger partial charge in [0.2, 0.25) is 0 Å². The first-order valence-electron chi connectivity index (χ1n) is 5.47. The van der Waals surface area contributed by atoms with Crippen molar-refractivity contribution < 1.29 is 9.90 Å². The molecule has 0 amide bonds. The van der Waals surface area contributed by atoms with Crippen molar-refractivity contribution in [1.82, 2.24) is 19.7 Å². The molecule has 0 saturated carbocycles. The van der Waals surface area contributed by atoms with Crippen molar-refractivity contribution >= 4 is 32.9 Å². The van der Waals surface area contributed by atoms with E-state index in [1.807, 2.05) is 18.2 Å². The van der Waals surface area contributed by atoms with Gasteiger partial charge in [-0.3, -0.25) is 4.68 Å². The average molecular weight is 321 g/mol. The standard InChI is InChI=1S/C12H9BrN4O2/c1-17-11(9(13)10(16-17)12(18)19)6-2-3-7-8(4-6)15-5-14-7/h2-5H,1H3,(H,14,15)(H,18,19). The fourth-order valence-electron chi connectivity index (χ4n) is 2.03. The number of aromatic amines is 1. The Morgan fingerprint density at radius 3 is 2.95 bits per heavy atom. The first-order chi connectivity index (χ1) is 9.08. The molecule has 0 aliphatic carbocycles. The number of halogens is 1. The van der Waals surface area contributed by atoms with Crippen LogP contribution in [0.3, 0.4) is 0 Å². The van der Waals surface area contributed by atoms with Gasteiger partial charge in [-0.25, -0.2) is 9.78 Å². The highest BCUT2D eigenvalue weighted by atomic mass is 79.9. The lowest BCUT2D eigenvalue weighted by Gasteiger charge is -2.03. The molecule has 2 heterocycles. The van der Waals surface area contributed by atoms with Gasteiger partial charge in [-0.15, -0.1) is 0 Å². The van der Waals surface area contributed by atoms with Gasteiger partial charge < -0.3 is 10.1 Å². The zero-order chi connectivity index (χ0) is 13.6. The third kappa shape index (κ3) is 1.82. The van der Waals surface area contributed by atoms with Crippen LogP contribution in [0.25, 0.3) is 22.3 Å². The highest BCUT2D eigenvalue weighted by Crippen LogP contribution is 2.31. The van der Waals surface area contributed by atoms with E-state index in [4.69, 9.17) is 5.11 Å². The normalized spacial score (nSPS) is 11.1. The minimum Gasteiger partial charge on any atom is -0.476 e. The molecule has 2 aromatic heterocycles. The van der Waals surface area contributed by atoms with E-state index in [-0.39, 0.29) is 5.69 Å². The van der Waals surface area contributed by atoms with Gasteiger partial charge in [0.25, 0.3) is 0 Å². The zero-order valence-electron chi connectivity index (χ0n) is 9.88. The number of H-pyrrole nitrogens is 1. The molecule has 0 atom stereocenters. The molecular weight excluding hydrogens is 312 g/mol. The number of hydrogen-bond acceptors (Lipinski definition) is 3. The van der Waals surface area contributed by atoms with E-state index in [0.29, 0.717) is 10.2 Å². The number of aromatic carboxylic acids is 1. The molecule has 0 fully saturated rings. The zero-order valence-corrected chi connectivity index (χ0v) is 11.5. The Morgan fingerprint density at radius 2 is 2.26 bits per heavy atom. The third-order valence-corrected chi connectivity index (χ3v) is 3.64. The molecule has 0 saturated heterocycles. The smallest absolute Gasteiger partial charge is 0.357 e. The summed E-state index contributed by atoms with van der Waals surface area (Å²) in [5.74, 6) is -1.06. The summed E-state index contributed by atoms with van der Waals surface area (Å²) in [6.45, 7) is 0. The van der Waals surface area contributed by atoms with Gasteiger partial charge in [-0.05, 0) is 28.1 Å². The number of rotatable bonds is 2. The summed E-state index contributed by atoms with van der Waals surface area (Å²) in [4.78, 5) is 18.2. The molecule has 3 rings (SSSR count). The lowest BCUT2D eigenvalue weighted by molar-refractivity contribution is 0.0688. The molecule has 96 valence electrons.